The molecule has 1 atom stereocenters. The van der Waals surface area contributed by atoms with Gasteiger partial charge in [-0.1, -0.05) is 38.8 Å². The molecule has 2 N–H and O–H groups in total. The fourth-order valence-electron chi connectivity index (χ4n) is 4.97. The van der Waals surface area contributed by atoms with Crippen LogP contribution in [0.25, 0.3) is 0 Å². The first-order chi connectivity index (χ1) is 18.7. The third kappa shape index (κ3) is 6.67. The third-order valence-corrected chi connectivity index (χ3v) is 7.09. The highest BCUT2D eigenvalue weighted by Crippen LogP contribution is 2.51. The molecule has 3 rings (SSSR count). The average molecular weight is 575 g/mol. The van der Waals surface area contributed by atoms with Gasteiger partial charge >= 0.3 is 12.4 Å². The molecule has 0 amide bonds. The molecule has 1 unspecified atom stereocenters. The number of benzene rings is 2. The molecule has 0 aromatic heterocycles. The summed E-state index contributed by atoms with van der Waals surface area (Å²) in [6, 6.07) is 8.52. The quantitative estimate of drug-likeness (QED) is 0.211. The Kier molecular flexibility index (Phi) is 9.70. The minimum Gasteiger partial charge on any atom is -0.508 e. The Balaban J connectivity index is 1.70. The molecule has 0 saturated heterocycles. The van der Waals surface area contributed by atoms with Crippen molar-refractivity contribution in [2.45, 2.75) is 82.8 Å². The molecule has 0 saturated carbocycles. The average Bonchev–Trinajstić information content (AvgIpc) is 3.25. The van der Waals surface area contributed by atoms with E-state index in [0.29, 0.717) is 44.5 Å². The van der Waals surface area contributed by atoms with Crippen LogP contribution in [0.1, 0.15) is 68.7 Å². The molecule has 40 heavy (non-hydrogen) atoms. The Morgan fingerprint density at radius 1 is 0.950 bits per heavy atom. The predicted molar refractivity (Wildman–Crippen MR) is 141 cm³/mol. The summed E-state index contributed by atoms with van der Waals surface area (Å²) in [4.78, 5) is 6.67. The van der Waals surface area contributed by atoms with Crippen LogP contribution < -0.4 is 4.74 Å². The topological polar surface area (TPSA) is 65.3 Å². The number of aryl methyl sites for hydroxylation is 2. The Labute approximate surface area is 230 Å². The summed E-state index contributed by atoms with van der Waals surface area (Å²) < 4.78 is 87.4. The second-order valence-electron chi connectivity index (χ2n) is 10.4. The molecule has 2 aromatic carbocycles. The summed E-state index contributed by atoms with van der Waals surface area (Å²) in [7, 11) is 0. The van der Waals surface area contributed by atoms with Gasteiger partial charge < -0.3 is 19.8 Å². The van der Waals surface area contributed by atoms with Crippen LogP contribution in [-0.4, -0.2) is 53.5 Å². The summed E-state index contributed by atoms with van der Waals surface area (Å²) in [5, 5.41) is 19.8. The molecule has 1 heterocycles. The molecule has 1 aliphatic heterocycles. The number of aliphatic imine (C=N–C) groups is 1. The van der Waals surface area contributed by atoms with Crippen molar-refractivity contribution < 1.29 is 41.3 Å². The maximum atomic E-state index is 13.6. The number of aliphatic hydroxyl groups is 1. The minimum absolute atomic E-state index is 0.170. The number of hydrogen-bond acceptors (Lipinski definition) is 5. The summed E-state index contributed by atoms with van der Waals surface area (Å²) in [5.74, 6) is 0.460. The Hall–Kier alpha value is -2.95. The number of halogens is 6. The van der Waals surface area contributed by atoms with Crippen LogP contribution in [0.5, 0.6) is 11.5 Å². The summed E-state index contributed by atoms with van der Waals surface area (Å²) in [5.41, 5.74) is -5.39. The Bertz CT molecular complexity index is 1140. The zero-order valence-corrected chi connectivity index (χ0v) is 22.9. The van der Waals surface area contributed by atoms with E-state index >= 15 is 0 Å². The minimum atomic E-state index is -5.95. The van der Waals surface area contributed by atoms with Gasteiger partial charge in [-0.2, -0.15) is 26.3 Å². The van der Waals surface area contributed by atoms with E-state index in [4.69, 9.17) is 4.74 Å². The van der Waals surface area contributed by atoms with Crippen LogP contribution in [0.3, 0.4) is 0 Å². The molecular weight excluding hydrogens is 538 g/mol. The first kappa shape index (κ1) is 31.6. The van der Waals surface area contributed by atoms with Gasteiger partial charge in [-0.25, -0.2) is 0 Å². The largest absolute Gasteiger partial charge is 0.508 e. The van der Waals surface area contributed by atoms with Crippen molar-refractivity contribution in [2.75, 3.05) is 19.7 Å². The van der Waals surface area contributed by atoms with Gasteiger partial charge in [0, 0.05) is 18.7 Å². The summed E-state index contributed by atoms with van der Waals surface area (Å²) >= 11 is 0. The fourth-order valence-corrected chi connectivity index (χ4v) is 4.97. The maximum absolute atomic E-state index is 13.6. The van der Waals surface area contributed by atoms with Crippen molar-refractivity contribution in [1.82, 2.24) is 4.90 Å². The number of rotatable bonds is 12. The number of phenolic OH excluding ortho intramolecular Hbond substituents is 1. The van der Waals surface area contributed by atoms with Crippen LogP contribution in [0, 0.1) is 0 Å². The fraction of sp³-hybridized carbons (Fsp3) is 0.552. The highest BCUT2D eigenvalue weighted by atomic mass is 19.4. The molecule has 0 fully saturated rings. The summed E-state index contributed by atoms with van der Waals surface area (Å²) in [6.45, 7) is 7.03. The van der Waals surface area contributed by atoms with E-state index in [1.165, 1.54) is 0 Å². The van der Waals surface area contributed by atoms with Gasteiger partial charge in [-0.05, 0) is 73.6 Å². The van der Waals surface area contributed by atoms with Gasteiger partial charge in [0.05, 0.1) is 12.9 Å². The third-order valence-electron chi connectivity index (χ3n) is 7.09. The first-order valence-electron chi connectivity index (χ1n) is 13.4. The van der Waals surface area contributed by atoms with Crippen LogP contribution in [0.15, 0.2) is 41.4 Å². The van der Waals surface area contributed by atoms with Gasteiger partial charge in [-0.15, -0.1) is 0 Å². The van der Waals surface area contributed by atoms with E-state index in [1.54, 1.807) is 38.4 Å². The van der Waals surface area contributed by atoms with Crippen LogP contribution >= 0.6 is 0 Å². The Morgan fingerprint density at radius 2 is 1.55 bits per heavy atom. The lowest BCUT2D eigenvalue weighted by Crippen LogP contribution is -2.54. The SMILES string of the molecule is CCCc1cc(C(O)(C(F)(F)F)C(F)(F)F)cc(CCC)c1OCCCCN1C=NC(C)(c2cccc(O)c2)C1. The van der Waals surface area contributed by atoms with E-state index in [1.807, 2.05) is 13.0 Å². The Morgan fingerprint density at radius 3 is 2.08 bits per heavy atom. The number of alkyl halides is 6. The lowest BCUT2D eigenvalue weighted by atomic mass is 9.87. The van der Waals surface area contributed by atoms with Gasteiger partial charge in [0.25, 0.3) is 5.60 Å². The highest BCUT2D eigenvalue weighted by Gasteiger charge is 2.71. The summed E-state index contributed by atoms with van der Waals surface area (Å²) in [6.07, 6.45) is -7.48. The number of aromatic hydroxyl groups is 1. The molecule has 11 heteroatoms. The maximum Gasteiger partial charge on any atom is 0.430 e. The van der Waals surface area contributed by atoms with Crippen molar-refractivity contribution in [3.63, 3.8) is 0 Å². The molecule has 5 nitrogen and oxygen atoms in total. The van der Waals surface area contributed by atoms with Crippen LogP contribution in [0.4, 0.5) is 26.3 Å². The van der Waals surface area contributed by atoms with Gasteiger partial charge in [0.15, 0.2) is 0 Å². The number of ether oxygens (including phenoxy) is 1. The first-order valence-corrected chi connectivity index (χ1v) is 13.4. The molecule has 1 aliphatic rings. The van der Waals surface area contributed by atoms with Crippen molar-refractivity contribution in [1.29, 1.82) is 0 Å². The second kappa shape index (κ2) is 12.3. The van der Waals surface area contributed by atoms with Crippen LogP contribution in [0.2, 0.25) is 0 Å². The number of nitrogens with zero attached hydrogens (tertiary/aromatic N) is 2. The number of hydrogen-bond donors (Lipinski definition) is 2. The normalized spacial score (nSPS) is 18.0. The number of phenols is 1. The van der Waals surface area contributed by atoms with Crippen molar-refractivity contribution >= 4 is 6.34 Å². The standard InChI is InChI=1S/C29H36F6N2O3/c1-4-9-20-15-23(27(39,28(30,31)32)29(33,34)35)16-21(10-5-2)25(20)40-14-7-6-13-37-18-26(3,36-19-37)22-11-8-12-24(38)17-22/h8,11-12,15-17,19,38-39H,4-7,9-10,13-14,18H2,1-3H3. The van der Waals surface area contributed by atoms with E-state index in [2.05, 4.69) is 9.89 Å². The molecule has 0 radical (unpaired) electrons. The highest BCUT2D eigenvalue weighted by molar-refractivity contribution is 5.60. The van der Waals surface area contributed by atoms with E-state index in [9.17, 15) is 36.6 Å². The van der Waals surface area contributed by atoms with Gasteiger partial charge in [0.1, 0.15) is 17.0 Å². The van der Waals surface area contributed by atoms with Crippen LogP contribution in [-0.2, 0) is 24.0 Å². The molecule has 0 bridgehead atoms. The van der Waals surface area contributed by atoms with Gasteiger partial charge in [0.2, 0.25) is 0 Å². The van der Waals surface area contributed by atoms with E-state index in [0.717, 1.165) is 17.7 Å². The molecule has 0 spiro atoms. The van der Waals surface area contributed by atoms with Crippen molar-refractivity contribution in [3.8, 4) is 11.5 Å². The second-order valence-corrected chi connectivity index (χ2v) is 10.4. The lowest BCUT2D eigenvalue weighted by Gasteiger charge is -2.33. The zero-order valence-electron chi connectivity index (χ0n) is 22.9. The monoisotopic (exact) mass is 574 g/mol. The predicted octanol–water partition coefficient (Wildman–Crippen LogP) is 7.03. The molecule has 222 valence electrons. The van der Waals surface area contributed by atoms with Crippen molar-refractivity contribution in [3.05, 3.63) is 58.7 Å². The smallest absolute Gasteiger partial charge is 0.430 e. The molecule has 2 aromatic rings. The molecule has 0 aliphatic carbocycles. The van der Waals surface area contributed by atoms with E-state index < -0.39 is 29.1 Å². The lowest BCUT2D eigenvalue weighted by molar-refractivity contribution is -0.376. The van der Waals surface area contributed by atoms with Gasteiger partial charge in [-0.3, -0.25) is 4.99 Å². The molecular formula is C29H36F6N2O3. The van der Waals surface area contributed by atoms with E-state index in [-0.39, 0.29) is 36.3 Å². The van der Waals surface area contributed by atoms with Crippen molar-refractivity contribution in [2.24, 2.45) is 4.99 Å². The zero-order chi connectivity index (χ0) is 29.8. The number of unbranched alkanes of at least 4 members (excludes halogenated alkanes) is 1.